The molecule has 1 fully saturated rings. The fourth-order valence-corrected chi connectivity index (χ4v) is 4.66. The van der Waals surface area contributed by atoms with Gasteiger partial charge in [-0.25, -0.2) is 4.98 Å². The van der Waals surface area contributed by atoms with Crippen molar-refractivity contribution in [1.82, 2.24) is 19.9 Å². The first-order valence-electron chi connectivity index (χ1n) is 12.4. The number of rotatable bonds is 6. The summed E-state index contributed by atoms with van der Waals surface area (Å²) in [6.07, 6.45) is 1.66. The van der Waals surface area contributed by atoms with Crippen LogP contribution in [0.15, 0.2) is 66.0 Å². The van der Waals surface area contributed by atoms with Crippen molar-refractivity contribution in [2.45, 2.75) is 26.2 Å². The van der Waals surface area contributed by atoms with Gasteiger partial charge < -0.3 is 19.5 Å². The second-order valence-corrected chi connectivity index (χ2v) is 9.29. The lowest BCUT2D eigenvalue weighted by molar-refractivity contribution is -0.138. The Morgan fingerprint density at radius 2 is 1.87 bits per heavy atom. The molecule has 1 aliphatic heterocycles. The highest BCUT2D eigenvalue weighted by Crippen LogP contribution is 2.33. The fraction of sp³-hybridized carbons (Fsp3) is 0.286. The summed E-state index contributed by atoms with van der Waals surface area (Å²) in [5, 5.41) is 2.74. The number of anilines is 1. The zero-order valence-corrected chi connectivity index (χ0v) is 21.2. The van der Waals surface area contributed by atoms with E-state index in [1.165, 1.54) is 19.2 Å². The van der Waals surface area contributed by atoms with Gasteiger partial charge in [-0.3, -0.25) is 14.6 Å². The van der Waals surface area contributed by atoms with Gasteiger partial charge >= 0.3 is 6.18 Å². The molecule has 8 nitrogen and oxygen atoms in total. The molecule has 0 radical (unpaired) electrons. The number of ether oxygens (including phenoxy) is 1. The number of benzene rings is 1. The van der Waals surface area contributed by atoms with Gasteiger partial charge in [-0.1, -0.05) is 12.1 Å². The minimum absolute atomic E-state index is 0.00537. The van der Waals surface area contributed by atoms with Crippen molar-refractivity contribution in [3.05, 3.63) is 99.2 Å². The first-order chi connectivity index (χ1) is 18.7. The summed E-state index contributed by atoms with van der Waals surface area (Å²) in [5.74, 6) is -0.604. The number of nitrogens with zero attached hydrogens (tertiary/aromatic N) is 4. The predicted molar refractivity (Wildman–Crippen MR) is 140 cm³/mol. The summed E-state index contributed by atoms with van der Waals surface area (Å²) < 4.78 is 47.8. The molecule has 1 aliphatic rings. The SMILES string of the molecule is Cc1c(Cn2cc(C(=O)NCc3ccncc3)c(=O)c3ncc(N4CCOCC4)cc32)cccc1C(F)(F)F. The fourth-order valence-electron chi connectivity index (χ4n) is 4.66. The third kappa shape index (κ3) is 5.63. The number of fused-ring (bicyclic) bond motifs is 1. The molecule has 39 heavy (non-hydrogen) atoms. The van der Waals surface area contributed by atoms with Gasteiger partial charge in [-0.2, -0.15) is 13.2 Å². The van der Waals surface area contributed by atoms with E-state index in [9.17, 15) is 22.8 Å². The van der Waals surface area contributed by atoms with Gasteiger partial charge in [-0.05, 0) is 47.9 Å². The molecule has 3 aromatic heterocycles. The highest BCUT2D eigenvalue weighted by atomic mass is 19.4. The van der Waals surface area contributed by atoms with Crippen LogP contribution < -0.4 is 15.6 Å². The van der Waals surface area contributed by atoms with Crippen LogP contribution in [0.25, 0.3) is 11.0 Å². The average molecular weight is 538 g/mol. The van der Waals surface area contributed by atoms with Gasteiger partial charge in [0, 0.05) is 44.8 Å². The highest BCUT2D eigenvalue weighted by molar-refractivity contribution is 5.97. The largest absolute Gasteiger partial charge is 0.416 e. The van der Waals surface area contributed by atoms with Crippen LogP contribution in [-0.4, -0.2) is 46.7 Å². The van der Waals surface area contributed by atoms with Crippen LogP contribution >= 0.6 is 0 Å². The number of hydrogen-bond donors (Lipinski definition) is 1. The number of pyridine rings is 3. The Hall–Kier alpha value is -4.25. The van der Waals surface area contributed by atoms with E-state index in [-0.39, 0.29) is 29.7 Å². The van der Waals surface area contributed by atoms with Crippen molar-refractivity contribution in [1.29, 1.82) is 0 Å². The van der Waals surface area contributed by atoms with Crippen LogP contribution in [-0.2, 0) is 24.0 Å². The number of carbonyl (C=O) groups is 1. The molecule has 1 saturated heterocycles. The van der Waals surface area contributed by atoms with Gasteiger partial charge in [0.25, 0.3) is 5.91 Å². The topological polar surface area (TPSA) is 89.3 Å². The van der Waals surface area contributed by atoms with Crippen molar-refractivity contribution in [3.63, 3.8) is 0 Å². The van der Waals surface area contributed by atoms with Crippen molar-refractivity contribution in [3.8, 4) is 0 Å². The van der Waals surface area contributed by atoms with Crippen LogP contribution in [0.3, 0.4) is 0 Å². The van der Waals surface area contributed by atoms with E-state index in [0.717, 1.165) is 17.3 Å². The molecular formula is C28H26F3N5O3. The number of amides is 1. The summed E-state index contributed by atoms with van der Waals surface area (Å²) in [7, 11) is 0. The van der Waals surface area contributed by atoms with Gasteiger partial charge in [0.2, 0.25) is 5.43 Å². The molecule has 1 N–H and O–H groups in total. The molecule has 0 spiro atoms. The minimum Gasteiger partial charge on any atom is -0.378 e. The molecule has 0 aliphatic carbocycles. The van der Waals surface area contributed by atoms with E-state index in [2.05, 4.69) is 20.2 Å². The summed E-state index contributed by atoms with van der Waals surface area (Å²) in [4.78, 5) is 36.9. The molecule has 4 aromatic rings. The molecule has 0 atom stereocenters. The summed E-state index contributed by atoms with van der Waals surface area (Å²) in [5.41, 5.74) is 1.11. The third-order valence-corrected chi connectivity index (χ3v) is 6.82. The predicted octanol–water partition coefficient (Wildman–Crippen LogP) is 3.93. The Balaban J connectivity index is 1.59. The zero-order valence-electron chi connectivity index (χ0n) is 21.2. The number of hydrogen-bond acceptors (Lipinski definition) is 6. The number of morpholine rings is 1. The highest BCUT2D eigenvalue weighted by Gasteiger charge is 2.33. The molecular weight excluding hydrogens is 511 g/mol. The van der Waals surface area contributed by atoms with Crippen molar-refractivity contribution in [2.24, 2.45) is 0 Å². The van der Waals surface area contributed by atoms with Gasteiger partial charge in [0.1, 0.15) is 11.1 Å². The lowest BCUT2D eigenvalue weighted by Crippen LogP contribution is -2.36. The zero-order chi connectivity index (χ0) is 27.6. The van der Waals surface area contributed by atoms with Crippen LogP contribution in [0.1, 0.15) is 32.6 Å². The first-order valence-corrected chi connectivity index (χ1v) is 12.4. The Labute approximate surface area is 222 Å². The molecule has 5 rings (SSSR count). The summed E-state index contributed by atoms with van der Waals surface area (Å²) in [6, 6.07) is 9.27. The minimum atomic E-state index is -4.51. The monoisotopic (exact) mass is 537 g/mol. The Morgan fingerprint density at radius 1 is 1.13 bits per heavy atom. The summed E-state index contributed by atoms with van der Waals surface area (Å²) in [6.45, 7) is 3.97. The van der Waals surface area contributed by atoms with Gasteiger partial charge in [0.05, 0.1) is 36.2 Å². The van der Waals surface area contributed by atoms with Crippen LogP contribution in [0.4, 0.5) is 18.9 Å². The van der Waals surface area contributed by atoms with Crippen LogP contribution in [0.2, 0.25) is 0 Å². The van der Waals surface area contributed by atoms with Crippen LogP contribution in [0.5, 0.6) is 0 Å². The standard InChI is InChI=1S/C28H26F3N5O3/c1-18-20(3-2-4-23(18)28(29,30)31)16-36-17-22(27(38)34-14-19-5-7-32-8-6-19)26(37)25-24(36)13-21(15-33-25)35-9-11-39-12-10-35/h2-8,13,15,17H,9-12,14,16H2,1H3,(H,34,38). The second kappa shape index (κ2) is 10.9. The van der Waals surface area contributed by atoms with E-state index in [1.807, 2.05) is 0 Å². The maximum absolute atomic E-state index is 13.6. The van der Waals surface area contributed by atoms with Crippen molar-refractivity contribution in [2.75, 3.05) is 31.2 Å². The first kappa shape index (κ1) is 26.4. The second-order valence-electron chi connectivity index (χ2n) is 9.29. The molecule has 202 valence electrons. The van der Waals surface area contributed by atoms with Gasteiger partial charge in [-0.15, -0.1) is 0 Å². The quantitative estimate of drug-likeness (QED) is 0.401. The summed E-state index contributed by atoms with van der Waals surface area (Å²) >= 11 is 0. The van der Waals surface area contributed by atoms with E-state index in [1.54, 1.807) is 47.4 Å². The smallest absolute Gasteiger partial charge is 0.378 e. The van der Waals surface area contributed by atoms with Crippen molar-refractivity contribution >= 4 is 22.6 Å². The Kier molecular flexibility index (Phi) is 7.34. The number of nitrogens with one attached hydrogen (secondary N) is 1. The molecule has 0 saturated carbocycles. The van der Waals surface area contributed by atoms with Gasteiger partial charge in [0.15, 0.2) is 0 Å². The number of halogens is 3. The molecule has 11 heteroatoms. The number of aromatic nitrogens is 3. The molecule has 1 aromatic carbocycles. The lowest BCUT2D eigenvalue weighted by atomic mass is 10.0. The number of alkyl halides is 3. The molecule has 1 amide bonds. The molecule has 0 bridgehead atoms. The number of carbonyl (C=O) groups excluding carboxylic acids is 1. The van der Waals surface area contributed by atoms with E-state index >= 15 is 0 Å². The maximum Gasteiger partial charge on any atom is 0.416 e. The normalized spacial score (nSPS) is 14.0. The van der Waals surface area contributed by atoms with Crippen molar-refractivity contribution < 1.29 is 22.7 Å². The lowest BCUT2D eigenvalue weighted by Gasteiger charge is -2.29. The Bertz CT molecular complexity index is 1570. The third-order valence-electron chi connectivity index (χ3n) is 6.82. The molecule has 4 heterocycles. The average Bonchev–Trinajstić information content (AvgIpc) is 2.94. The maximum atomic E-state index is 13.6. The molecule has 0 unspecified atom stereocenters. The van der Waals surface area contributed by atoms with E-state index in [4.69, 9.17) is 4.74 Å². The Morgan fingerprint density at radius 3 is 2.59 bits per heavy atom. The van der Waals surface area contributed by atoms with Crippen LogP contribution in [0, 0.1) is 6.92 Å². The van der Waals surface area contributed by atoms with E-state index < -0.39 is 23.1 Å². The van der Waals surface area contributed by atoms with E-state index in [0.29, 0.717) is 37.4 Å².